The smallest absolute Gasteiger partial charge is 0.388 e. The normalized spacial score (nSPS) is 19.6. The summed E-state index contributed by atoms with van der Waals surface area (Å²) in [5.41, 5.74) is 1.41. The topological polar surface area (TPSA) is 140 Å². The number of halogens is 4. The van der Waals surface area contributed by atoms with Gasteiger partial charge in [-0.2, -0.15) is 13.2 Å². The second-order valence-corrected chi connectivity index (χ2v) is 8.44. The fraction of sp³-hybridized carbons (Fsp3) is 0.304. The average molecular weight is 532 g/mol. The van der Waals surface area contributed by atoms with E-state index in [2.05, 4.69) is 30.2 Å². The number of amides is 1. The highest BCUT2D eigenvalue weighted by atomic mass is 19.4. The van der Waals surface area contributed by atoms with Gasteiger partial charge in [-0.15, -0.1) is 0 Å². The summed E-state index contributed by atoms with van der Waals surface area (Å²) in [7, 11) is 0. The Balaban J connectivity index is 1.48. The van der Waals surface area contributed by atoms with Crippen LogP contribution in [0.1, 0.15) is 18.3 Å². The molecule has 1 amide bonds. The van der Waals surface area contributed by atoms with Gasteiger partial charge >= 0.3 is 6.18 Å². The first-order valence-corrected chi connectivity index (χ1v) is 11.4. The SMILES string of the molecule is O=C(NCC(F)(F)F)[C@@H]1C[C@@H](O)[C@H](n2cnc3c(NCc4ccccn4)nc(-c4cncc(F)c4)nc32)O1. The summed E-state index contributed by atoms with van der Waals surface area (Å²) < 4.78 is 58.3. The van der Waals surface area contributed by atoms with Crippen LogP contribution >= 0.6 is 0 Å². The standard InChI is InChI=1S/C23H20F4N8O3/c24-13-5-12(7-28-8-13)18-33-19(30-9-14-3-1-2-4-29-14)17-20(34-18)35(11-32-17)22-15(36)6-16(38-22)21(37)31-10-23(25,26)27/h1-5,7-8,11,15-16,22,36H,6,9-10H2,(H,31,37)(H,30,33,34)/t15-,16+,22-/m1/s1. The Morgan fingerprint density at radius 2 is 2.05 bits per heavy atom. The highest BCUT2D eigenvalue weighted by Crippen LogP contribution is 2.33. The summed E-state index contributed by atoms with van der Waals surface area (Å²) in [6.07, 6.45) is -3.27. The van der Waals surface area contributed by atoms with Crippen molar-refractivity contribution in [2.75, 3.05) is 11.9 Å². The molecule has 15 heteroatoms. The molecular formula is C23H20F4N8O3. The molecule has 0 spiro atoms. The summed E-state index contributed by atoms with van der Waals surface area (Å²) in [5.74, 6) is -1.26. The van der Waals surface area contributed by atoms with Gasteiger partial charge in [-0.05, 0) is 18.2 Å². The third kappa shape index (κ3) is 5.52. The van der Waals surface area contributed by atoms with Crippen LogP contribution in [0.5, 0.6) is 0 Å². The van der Waals surface area contributed by atoms with E-state index in [0.29, 0.717) is 5.69 Å². The number of hydrogen-bond donors (Lipinski definition) is 3. The third-order valence-electron chi connectivity index (χ3n) is 5.67. The molecule has 3 atom stereocenters. The lowest BCUT2D eigenvalue weighted by Crippen LogP contribution is -2.40. The molecule has 4 aromatic heterocycles. The number of alkyl halides is 3. The number of aliphatic hydroxyl groups excluding tert-OH is 1. The second kappa shape index (κ2) is 10.3. The minimum Gasteiger partial charge on any atom is -0.388 e. The lowest BCUT2D eigenvalue weighted by atomic mass is 10.2. The van der Waals surface area contributed by atoms with Crippen molar-refractivity contribution in [1.29, 1.82) is 0 Å². The maximum atomic E-state index is 13.9. The predicted molar refractivity (Wildman–Crippen MR) is 124 cm³/mol. The van der Waals surface area contributed by atoms with Crippen molar-refractivity contribution in [3.63, 3.8) is 0 Å². The van der Waals surface area contributed by atoms with Crippen molar-refractivity contribution in [1.82, 2.24) is 34.8 Å². The van der Waals surface area contributed by atoms with Gasteiger partial charge in [0.2, 0.25) is 5.91 Å². The number of carbonyl (C=O) groups is 1. The molecule has 5 rings (SSSR count). The highest BCUT2D eigenvalue weighted by molar-refractivity contribution is 5.85. The van der Waals surface area contributed by atoms with Gasteiger partial charge in [0.25, 0.3) is 0 Å². The number of imidazole rings is 1. The van der Waals surface area contributed by atoms with E-state index in [1.54, 1.807) is 23.6 Å². The van der Waals surface area contributed by atoms with E-state index in [0.717, 1.165) is 6.20 Å². The number of aromatic nitrogens is 6. The van der Waals surface area contributed by atoms with Crippen molar-refractivity contribution in [2.45, 2.75) is 37.6 Å². The Labute approximate surface area is 211 Å². The first-order valence-electron chi connectivity index (χ1n) is 11.4. The molecule has 5 heterocycles. The van der Waals surface area contributed by atoms with Crippen LogP contribution in [0.2, 0.25) is 0 Å². The summed E-state index contributed by atoms with van der Waals surface area (Å²) in [4.78, 5) is 33.5. The number of rotatable bonds is 7. The van der Waals surface area contributed by atoms with E-state index in [4.69, 9.17) is 4.74 Å². The first kappa shape index (κ1) is 25.4. The molecule has 198 valence electrons. The minimum atomic E-state index is -4.59. The van der Waals surface area contributed by atoms with Crippen molar-refractivity contribution >= 4 is 22.9 Å². The molecule has 0 unspecified atom stereocenters. The molecule has 0 bridgehead atoms. The minimum absolute atomic E-state index is 0.0849. The number of hydrogen-bond acceptors (Lipinski definition) is 9. The lowest BCUT2D eigenvalue weighted by Gasteiger charge is -2.17. The maximum Gasteiger partial charge on any atom is 0.405 e. The number of aliphatic hydroxyl groups is 1. The molecule has 4 aromatic rings. The summed E-state index contributed by atoms with van der Waals surface area (Å²) in [6.45, 7) is -1.26. The van der Waals surface area contributed by atoms with E-state index in [9.17, 15) is 27.5 Å². The van der Waals surface area contributed by atoms with Gasteiger partial charge in [-0.25, -0.2) is 19.3 Å². The second-order valence-electron chi connectivity index (χ2n) is 8.44. The van der Waals surface area contributed by atoms with E-state index in [-0.39, 0.29) is 41.3 Å². The molecule has 1 aliphatic heterocycles. The molecule has 0 saturated carbocycles. The molecule has 1 fully saturated rings. The van der Waals surface area contributed by atoms with Gasteiger partial charge in [0.1, 0.15) is 24.6 Å². The average Bonchev–Trinajstić information content (AvgIpc) is 3.49. The van der Waals surface area contributed by atoms with Crippen LogP contribution < -0.4 is 10.6 Å². The number of nitrogens with one attached hydrogen (secondary N) is 2. The number of nitrogens with zero attached hydrogens (tertiary/aromatic N) is 6. The highest BCUT2D eigenvalue weighted by Gasteiger charge is 2.41. The number of ether oxygens (including phenoxy) is 1. The van der Waals surface area contributed by atoms with E-state index in [1.165, 1.54) is 23.2 Å². The molecule has 0 aliphatic carbocycles. The number of pyridine rings is 2. The Morgan fingerprint density at radius 1 is 1.21 bits per heavy atom. The number of carbonyl (C=O) groups excluding carboxylic acids is 1. The summed E-state index contributed by atoms with van der Waals surface area (Å²) in [6, 6.07) is 6.58. The lowest BCUT2D eigenvalue weighted by molar-refractivity contribution is -0.146. The van der Waals surface area contributed by atoms with Crippen LogP contribution in [0.15, 0.2) is 49.2 Å². The van der Waals surface area contributed by atoms with Crippen LogP contribution in [0.3, 0.4) is 0 Å². The molecule has 1 saturated heterocycles. The molecule has 11 nitrogen and oxygen atoms in total. The Kier molecular flexibility index (Phi) is 6.86. The zero-order valence-corrected chi connectivity index (χ0v) is 19.4. The van der Waals surface area contributed by atoms with Crippen molar-refractivity contribution in [3.8, 4) is 11.4 Å². The van der Waals surface area contributed by atoms with Crippen molar-refractivity contribution < 1.29 is 32.2 Å². The van der Waals surface area contributed by atoms with Gasteiger partial charge in [-0.3, -0.25) is 19.3 Å². The quantitative estimate of drug-likeness (QED) is 0.306. The van der Waals surface area contributed by atoms with Crippen LogP contribution in [0.4, 0.5) is 23.4 Å². The maximum absolute atomic E-state index is 13.9. The van der Waals surface area contributed by atoms with E-state index < -0.39 is 42.9 Å². The molecule has 3 N–H and O–H groups in total. The molecule has 38 heavy (non-hydrogen) atoms. The van der Waals surface area contributed by atoms with Crippen LogP contribution in [-0.2, 0) is 16.1 Å². The number of fused-ring (bicyclic) bond motifs is 1. The van der Waals surface area contributed by atoms with Crippen molar-refractivity contribution in [3.05, 3.63) is 60.7 Å². The predicted octanol–water partition coefficient (Wildman–Crippen LogP) is 2.36. The van der Waals surface area contributed by atoms with Gasteiger partial charge in [-0.1, -0.05) is 6.07 Å². The van der Waals surface area contributed by atoms with Crippen LogP contribution in [-0.4, -0.2) is 65.4 Å². The summed E-state index contributed by atoms with van der Waals surface area (Å²) in [5, 5.41) is 15.5. The Bertz CT molecular complexity index is 1450. The Morgan fingerprint density at radius 3 is 2.79 bits per heavy atom. The zero-order chi connectivity index (χ0) is 26.9. The molecule has 1 aliphatic rings. The number of anilines is 1. The Hall–Kier alpha value is -4.24. The van der Waals surface area contributed by atoms with Crippen molar-refractivity contribution in [2.24, 2.45) is 0 Å². The fourth-order valence-electron chi connectivity index (χ4n) is 3.94. The van der Waals surface area contributed by atoms with Gasteiger partial charge in [0.15, 0.2) is 29.0 Å². The van der Waals surface area contributed by atoms with Gasteiger partial charge in [0.05, 0.1) is 24.8 Å². The molecule has 0 aromatic carbocycles. The summed E-state index contributed by atoms with van der Waals surface area (Å²) >= 11 is 0. The first-order chi connectivity index (χ1) is 18.2. The van der Waals surface area contributed by atoms with Gasteiger partial charge < -0.3 is 20.5 Å². The van der Waals surface area contributed by atoms with Crippen LogP contribution in [0, 0.1) is 5.82 Å². The van der Waals surface area contributed by atoms with E-state index >= 15 is 0 Å². The largest absolute Gasteiger partial charge is 0.405 e. The van der Waals surface area contributed by atoms with Gasteiger partial charge in [0, 0.05) is 24.4 Å². The monoisotopic (exact) mass is 532 g/mol. The van der Waals surface area contributed by atoms with Crippen LogP contribution in [0.25, 0.3) is 22.6 Å². The van der Waals surface area contributed by atoms with E-state index in [1.807, 2.05) is 6.07 Å². The fourth-order valence-corrected chi connectivity index (χ4v) is 3.94. The third-order valence-corrected chi connectivity index (χ3v) is 5.67. The molecular weight excluding hydrogens is 512 g/mol. The molecule has 0 radical (unpaired) electrons. The zero-order valence-electron chi connectivity index (χ0n) is 19.4.